The Labute approximate surface area is 102 Å². The molecule has 2 aliphatic rings. The van der Waals surface area contributed by atoms with Crippen molar-refractivity contribution in [1.82, 2.24) is 10.2 Å². The van der Waals surface area contributed by atoms with Crippen LogP contribution >= 0.6 is 0 Å². The van der Waals surface area contributed by atoms with E-state index in [4.69, 9.17) is 0 Å². The normalized spacial score (nSPS) is 20.4. The number of piperazine rings is 1. The van der Waals surface area contributed by atoms with Crippen molar-refractivity contribution in [3.63, 3.8) is 0 Å². The van der Waals surface area contributed by atoms with Gasteiger partial charge in [0.1, 0.15) is 0 Å². The molecule has 2 fully saturated rings. The molecule has 0 bridgehead atoms. The molecule has 3 heteroatoms. The second-order valence-electron chi connectivity index (χ2n) is 4.94. The summed E-state index contributed by atoms with van der Waals surface area (Å²) in [4.78, 5) is 14.2. The molecule has 3 rings (SSSR count). The van der Waals surface area contributed by atoms with E-state index in [1.54, 1.807) is 0 Å². The minimum absolute atomic E-state index is 0.189. The van der Waals surface area contributed by atoms with E-state index in [0.29, 0.717) is 5.92 Å². The van der Waals surface area contributed by atoms with Crippen LogP contribution in [0.2, 0.25) is 0 Å². The third kappa shape index (κ3) is 2.34. The summed E-state index contributed by atoms with van der Waals surface area (Å²) in [5.41, 5.74) is 2.20. The van der Waals surface area contributed by atoms with Crippen molar-refractivity contribution in [3.8, 4) is 0 Å². The minimum Gasteiger partial charge on any atom is -0.336 e. The van der Waals surface area contributed by atoms with E-state index in [2.05, 4.69) is 17.4 Å². The zero-order valence-electron chi connectivity index (χ0n) is 9.98. The summed E-state index contributed by atoms with van der Waals surface area (Å²) in [5.74, 6) is 0.903. The minimum atomic E-state index is 0.189. The number of carbonyl (C=O) groups is 1. The molecule has 1 aliphatic carbocycles. The molecule has 0 atom stereocenters. The van der Waals surface area contributed by atoms with Crippen LogP contribution in [-0.4, -0.2) is 37.0 Å². The van der Waals surface area contributed by atoms with Gasteiger partial charge >= 0.3 is 0 Å². The van der Waals surface area contributed by atoms with E-state index in [9.17, 15) is 4.79 Å². The lowest BCUT2D eigenvalue weighted by molar-refractivity contribution is 0.0735. The van der Waals surface area contributed by atoms with Crippen LogP contribution < -0.4 is 5.32 Å². The van der Waals surface area contributed by atoms with E-state index in [-0.39, 0.29) is 5.91 Å². The molecular weight excluding hydrogens is 212 g/mol. The summed E-state index contributed by atoms with van der Waals surface area (Å²) < 4.78 is 0. The van der Waals surface area contributed by atoms with Crippen molar-refractivity contribution in [2.24, 2.45) is 0 Å². The maximum atomic E-state index is 12.3. The highest BCUT2D eigenvalue weighted by atomic mass is 16.2. The fourth-order valence-corrected chi connectivity index (χ4v) is 2.39. The third-order valence-electron chi connectivity index (χ3n) is 3.59. The van der Waals surface area contributed by atoms with Crippen molar-refractivity contribution in [1.29, 1.82) is 0 Å². The number of amides is 1. The van der Waals surface area contributed by atoms with E-state index < -0.39 is 0 Å². The zero-order chi connectivity index (χ0) is 11.7. The second-order valence-corrected chi connectivity index (χ2v) is 4.94. The molecule has 3 nitrogen and oxygen atoms in total. The van der Waals surface area contributed by atoms with Crippen LogP contribution in [0.15, 0.2) is 24.3 Å². The monoisotopic (exact) mass is 230 g/mol. The molecule has 0 radical (unpaired) electrons. The smallest absolute Gasteiger partial charge is 0.253 e. The summed E-state index contributed by atoms with van der Waals surface area (Å²) in [6.07, 6.45) is 2.57. The summed E-state index contributed by atoms with van der Waals surface area (Å²) in [5, 5.41) is 3.27. The average molecular weight is 230 g/mol. The van der Waals surface area contributed by atoms with Crippen LogP contribution in [0.5, 0.6) is 0 Å². The number of nitrogens with zero attached hydrogens (tertiary/aromatic N) is 1. The van der Waals surface area contributed by atoms with Crippen LogP contribution in [-0.2, 0) is 0 Å². The molecule has 1 aromatic rings. The number of nitrogens with one attached hydrogen (secondary N) is 1. The highest BCUT2D eigenvalue weighted by molar-refractivity contribution is 5.94. The molecule has 1 saturated carbocycles. The van der Waals surface area contributed by atoms with Gasteiger partial charge in [0, 0.05) is 31.7 Å². The Kier molecular flexibility index (Phi) is 2.85. The fraction of sp³-hybridized carbons (Fsp3) is 0.500. The largest absolute Gasteiger partial charge is 0.336 e. The molecule has 17 heavy (non-hydrogen) atoms. The van der Waals surface area contributed by atoms with Crippen LogP contribution in [0.25, 0.3) is 0 Å². The van der Waals surface area contributed by atoms with Crippen molar-refractivity contribution in [2.45, 2.75) is 18.8 Å². The predicted octanol–water partition coefficient (Wildman–Crippen LogP) is 1.61. The molecule has 1 amide bonds. The Morgan fingerprint density at radius 1 is 1.24 bits per heavy atom. The summed E-state index contributed by atoms with van der Waals surface area (Å²) in [6.45, 7) is 3.47. The second kappa shape index (κ2) is 4.49. The number of hydrogen-bond donors (Lipinski definition) is 1. The maximum absolute atomic E-state index is 12.3. The maximum Gasteiger partial charge on any atom is 0.253 e. The van der Waals surface area contributed by atoms with Gasteiger partial charge in [-0.25, -0.2) is 0 Å². The molecule has 1 heterocycles. The molecule has 90 valence electrons. The van der Waals surface area contributed by atoms with Crippen LogP contribution in [0.4, 0.5) is 0 Å². The summed E-state index contributed by atoms with van der Waals surface area (Å²) >= 11 is 0. The Hall–Kier alpha value is -1.35. The molecule has 1 aromatic carbocycles. The Balaban J connectivity index is 1.77. The van der Waals surface area contributed by atoms with E-state index in [0.717, 1.165) is 31.7 Å². The van der Waals surface area contributed by atoms with Crippen molar-refractivity contribution < 1.29 is 4.79 Å². The first-order chi connectivity index (χ1) is 8.34. The third-order valence-corrected chi connectivity index (χ3v) is 3.59. The SMILES string of the molecule is O=C(c1cccc(C2CC2)c1)N1CCNCC1. The van der Waals surface area contributed by atoms with Gasteiger partial charge in [0.25, 0.3) is 5.91 Å². The lowest BCUT2D eigenvalue weighted by Gasteiger charge is -2.27. The van der Waals surface area contributed by atoms with Crippen molar-refractivity contribution in [3.05, 3.63) is 35.4 Å². The summed E-state index contributed by atoms with van der Waals surface area (Å²) in [7, 11) is 0. The van der Waals surface area contributed by atoms with Gasteiger partial charge in [-0.1, -0.05) is 12.1 Å². The first kappa shape index (κ1) is 10.8. The van der Waals surface area contributed by atoms with Crippen LogP contribution in [0.3, 0.4) is 0 Å². The average Bonchev–Trinajstić information content (AvgIpc) is 3.23. The molecule has 0 aromatic heterocycles. The van der Waals surface area contributed by atoms with E-state index in [1.807, 2.05) is 17.0 Å². The molecular formula is C14H18N2O. The molecule has 0 spiro atoms. The van der Waals surface area contributed by atoms with Gasteiger partial charge in [-0.3, -0.25) is 4.79 Å². The molecule has 0 unspecified atom stereocenters. The van der Waals surface area contributed by atoms with E-state index >= 15 is 0 Å². The Morgan fingerprint density at radius 3 is 2.71 bits per heavy atom. The topological polar surface area (TPSA) is 32.3 Å². The predicted molar refractivity (Wildman–Crippen MR) is 67.2 cm³/mol. The number of rotatable bonds is 2. The Morgan fingerprint density at radius 2 is 2.00 bits per heavy atom. The highest BCUT2D eigenvalue weighted by Crippen LogP contribution is 2.40. The zero-order valence-corrected chi connectivity index (χ0v) is 9.98. The lowest BCUT2D eigenvalue weighted by Crippen LogP contribution is -2.46. The van der Waals surface area contributed by atoms with Gasteiger partial charge in [-0.15, -0.1) is 0 Å². The molecule has 1 N–H and O–H groups in total. The van der Waals surface area contributed by atoms with E-state index in [1.165, 1.54) is 18.4 Å². The van der Waals surface area contributed by atoms with Gasteiger partial charge in [0.15, 0.2) is 0 Å². The Bertz CT molecular complexity index is 420. The fourth-order valence-electron chi connectivity index (χ4n) is 2.39. The number of hydrogen-bond acceptors (Lipinski definition) is 2. The summed E-state index contributed by atoms with van der Waals surface area (Å²) in [6, 6.07) is 8.19. The van der Waals surface area contributed by atoms with Crippen LogP contribution in [0, 0.1) is 0 Å². The number of benzene rings is 1. The quantitative estimate of drug-likeness (QED) is 0.837. The van der Waals surface area contributed by atoms with Gasteiger partial charge in [-0.2, -0.15) is 0 Å². The van der Waals surface area contributed by atoms with Gasteiger partial charge < -0.3 is 10.2 Å². The first-order valence-electron chi connectivity index (χ1n) is 6.44. The highest BCUT2D eigenvalue weighted by Gasteiger charge is 2.25. The van der Waals surface area contributed by atoms with Gasteiger partial charge in [0.05, 0.1) is 0 Å². The first-order valence-corrected chi connectivity index (χ1v) is 6.44. The molecule has 1 aliphatic heterocycles. The lowest BCUT2D eigenvalue weighted by atomic mass is 10.1. The van der Waals surface area contributed by atoms with Crippen LogP contribution in [0.1, 0.15) is 34.7 Å². The van der Waals surface area contributed by atoms with Crippen molar-refractivity contribution >= 4 is 5.91 Å². The number of carbonyl (C=O) groups excluding carboxylic acids is 1. The van der Waals surface area contributed by atoms with Gasteiger partial charge in [0.2, 0.25) is 0 Å². The standard InChI is InChI=1S/C14H18N2O/c17-14(16-8-6-15-7-9-16)13-3-1-2-12(10-13)11-4-5-11/h1-3,10-11,15H,4-9H2. The molecule has 1 saturated heterocycles. The van der Waals surface area contributed by atoms with Crippen molar-refractivity contribution in [2.75, 3.05) is 26.2 Å². The van der Waals surface area contributed by atoms with Gasteiger partial charge in [-0.05, 0) is 36.5 Å².